The number of aliphatic hydroxyl groups is 1. The molecule has 0 aliphatic carbocycles. The van der Waals surface area contributed by atoms with Crippen molar-refractivity contribution in [2.45, 2.75) is 77.2 Å². The molecule has 0 aromatic rings. The zero-order chi connectivity index (χ0) is 14.3. The Morgan fingerprint density at radius 1 is 0.947 bits per heavy atom. The monoisotopic (exact) mass is 273 g/mol. The van der Waals surface area contributed by atoms with Gasteiger partial charge in [-0.05, 0) is 26.3 Å². The third-order valence-electron chi connectivity index (χ3n) is 3.18. The van der Waals surface area contributed by atoms with E-state index in [4.69, 9.17) is 10.2 Å². The minimum Gasteiger partial charge on any atom is -0.481 e. The number of carbonyl (C=O) groups is 1. The lowest BCUT2D eigenvalue weighted by Gasteiger charge is -2.06. The van der Waals surface area contributed by atoms with E-state index in [1.807, 2.05) is 0 Å². The fraction of sp³-hybridized carbons (Fsp3) is 0.933. The lowest BCUT2D eigenvalue weighted by Crippen LogP contribution is -2.25. The van der Waals surface area contributed by atoms with Gasteiger partial charge in [0, 0.05) is 13.0 Å². The average Bonchev–Trinajstić information content (AvgIpc) is 2.34. The minimum atomic E-state index is -0.677. The Kier molecular flexibility index (Phi) is 13.4. The van der Waals surface area contributed by atoms with Crippen molar-refractivity contribution in [2.24, 2.45) is 0 Å². The number of hydrogen-bond acceptors (Lipinski definition) is 3. The van der Waals surface area contributed by atoms with Gasteiger partial charge >= 0.3 is 5.97 Å². The molecule has 4 heteroatoms. The smallest absolute Gasteiger partial charge is 0.303 e. The molecule has 0 saturated carbocycles. The first kappa shape index (κ1) is 18.4. The predicted octanol–water partition coefficient (Wildman–Crippen LogP) is 2.94. The maximum absolute atomic E-state index is 10.3. The van der Waals surface area contributed by atoms with Crippen LogP contribution in [0.5, 0.6) is 0 Å². The third kappa shape index (κ3) is 17.4. The molecule has 3 N–H and O–H groups in total. The van der Waals surface area contributed by atoms with Gasteiger partial charge in [-0.1, -0.05) is 44.9 Å². The Bertz CT molecular complexity index is 208. The number of aliphatic hydroxyl groups excluding tert-OH is 1. The summed E-state index contributed by atoms with van der Waals surface area (Å²) >= 11 is 0. The van der Waals surface area contributed by atoms with E-state index in [1.165, 1.54) is 44.9 Å². The first-order chi connectivity index (χ1) is 9.13. The van der Waals surface area contributed by atoms with E-state index in [1.54, 1.807) is 6.92 Å². The summed E-state index contributed by atoms with van der Waals surface area (Å²) in [7, 11) is 0. The van der Waals surface area contributed by atoms with E-state index in [-0.39, 0.29) is 6.10 Å². The van der Waals surface area contributed by atoms with Crippen LogP contribution in [0, 0.1) is 0 Å². The van der Waals surface area contributed by atoms with Crippen molar-refractivity contribution in [1.82, 2.24) is 5.32 Å². The Balaban J connectivity index is 2.97. The second kappa shape index (κ2) is 13.8. The minimum absolute atomic E-state index is 0.249. The fourth-order valence-electron chi connectivity index (χ4n) is 2.07. The highest BCUT2D eigenvalue weighted by molar-refractivity contribution is 5.66. The number of hydrogen-bond donors (Lipinski definition) is 3. The van der Waals surface area contributed by atoms with Crippen LogP contribution in [-0.4, -0.2) is 35.4 Å². The van der Waals surface area contributed by atoms with Crippen LogP contribution >= 0.6 is 0 Å². The van der Waals surface area contributed by atoms with Gasteiger partial charge < -0.3 is 15.5 Å². The van der Waals surface area contributed by atoms with Crippen LogP contribution in [0.1, 0.15) is 71.1 Å². The zero-order valence-electron chi connectivity index (χ0n) is 12.4. The van der Waals surface area contributed by atoms with E-state index in [9.17, 15) is 4.79 Å². The molecule has 1 atom stereocenters. The molecule has 0 rings (SSSR count). The van der Waals surface area contributed by atoms with Crippen LogP contribution in [0.4, 0.5) is 0 Å². The molecule has 4 nitrogen and oxygen atoms in total. The molecule has 0 amide bonds. The summed E-state index contributed by atoms with van der Waals surface area (Å²) in [5.74, 6) is -0.677. The molecule has 0 saturated heterocycles. The maximum atomic E-state index is 10.3. The Labute approximate surface area is 117 Å². The maximum Gasteiger partial charge on any atom is 0.303 e. The second-order valence-electron chi connectivity index (χ2n) is 5.38. The first-order valence-corrected chi connectivity index (χ1v) is 7.73. The molecule has 0 heterocycles. The largest absolute Gasteiger partial charge is 0.481 e. The van der Waals surface area contributed by atoms with Gasteiger partial charge in [0.2, 0.25) is 0 Å². The predicted molar refractivity (Wildman–Crippen MR) is 78.4 cm³/mol. The molecule has 1 unspecified atom stereocenters. The molecule has 0 bridgehead atoms. The van der Waals surface area contributed by atoms with Crippen LogP contribution in [0.3, 0.4) is 0 Å². The van der Waals surface area contributed by atoms with Crippen molar-refractivity contribution in [2.75, 3.05) is 13.1 Å². The van der Waals surface area contributed by atoms with Gasteiger partial charge in [0.25, 0.3) is 0 Å². The fourth-order valence-corrected chi connectivity index (χ4v) is 2.07. The quantitative estimate of drug-likeness (QED) is 0.426. The zero-order valence-corrected chi connectivity index (χ0v) is 12.4. The molecule has 19 heavy (non-hydrogen) atoms. The van der Waals surface area contributed by atoms with Gasteiger partial charge in [0.1, 0.15) is 0 Å². The van der Waals surface area contributed by atoms with Gasteiger partial charge in [0.15, 0.2) is 0 Å². The number of carboxylic acids is 1. The number of carboxylic acid groups (broad SMARTS) is 1. The SMILES string of the molecule is CC(O)CNCCCCCCCCCCCC(=O)O. The van der Waals surface area contributed by atoms with Gasteiger partial charge in [0.05, 0.1) is 6.10 Å². The summed E-state index contributed by atoms with van der Waals surface area (Å²) < 4.78 is 0. The topological polar surface area (TPSA) is 69.6 Å². The normalized spacial score (nSPS) is 12.5. The Hall–Kier alpha value is -0.610. The number of aliphatic carboxylic acids is 1. The van der Waals surface area contributed by atoms with E-state index in [0.29, 0.717) is 13.0 Å². The van der Waals surface area contributed by atoms with Crippen LogP contribution < -0.4 is 5.32 Å². The third-order valence-corrected chi connectivity index (χ3v) is 3.18. The number of nitrogens with one attached hydrogen (secondary N) is 1. The van der Waals surface area contributed by atoms with Crippen LogP contribution in [-0.2, 0) is 4.79 Å². The summed E-state index contributed by atoms with van der Waals surface area (Å²) in [6.45, 7) is 3.49. The molecule has 0 aliphatic rings. The van der Waals surface area contributed by atoms with Crippen molar-refractivity contribution in [3.05, 3.63) is 0 Å². The lowest BCUT2D eigenvalue weighted by molar-refractivity contribution is -0.137. The van der Waals surface area contributed by atoms with Crippen molar-refractivity contribution in [3.63, 3.8) is 0 Å². The van der Waals surface area contributed by atoms with Gasteiger partial charge in [-0.15, -0.1) is 0 Å². The average molecular weight is 273 g/mol. The van der Waals surface area contributed by atoms with E-state index in [2.05, 4.69) is 5.32 Å². The molecular formula is C15H31NO3. The van der Waals surface area contributed by atoms with Crippen LogP contribution in [0.2, 0.25) is 0 Å². The Morgan fingerprint density at radius 2 is 1.42 bits per heavy atom. The highest BCUT2D eigenvalue weighted by atomic mass is 16.4. The van der Waals surface area contributed by atoms with Crippen molar-refractivity contribution in [1.29, 1.82) is 0 Å². The van der Waals surface area contributed by atoms with Gasteiger partial charge in [-0.3, -0.25) is 4.79 Å². The van der Waals surface area contributed by atoms with Crippen molar-refractivity contribution < 1.29 is 15.0 Å². The van der Waals surface area contributed by atoms with Crippen molar-refractivity contribution in [3.8, 4) is 0 Å². The highest BCUT2D eigenvalue weighted by Gasteiger charge is 1.97. The molecular weight excluding hydrogens is 242 g/mol. The molecule has 0 spiro atoms. The summed E-state index contributed by atoms with van der Waals surface area (Å²) in [5.41, 5.74) is 0. The second-order valence-corrected chi connectivity index (χ2v) is 5.38. The lowest BCUT2D eigenvalue weighted by atomic mass is 10.1. The van der Waals surface area contributed by atoms with Crippen molar-refractivity contribution >= 4 is 5.97 Å². The van der Waals surface area contributed by atoms with E-state index < -0.39 is 5.97 Å². The van der Waals surface area contributed by atoms with Gasteiger partial charge in [-0.25, -0.2) is 0 Å². The van der Waals surface area contributed by atoms with Crippen LogP contribution in [0.25, 0.3) is 0 Å². The first-order valence-electron chi connectivity index (χ1n) is 7.73. The summed E-state index contributed by atoms with van der Waals surface area (Å²) in [4.78, 5) is 10.3. The number of rotatable bonds is 14. The summed E-state index contributed by atoms with van der Waals surface area (Å²) in [6.07, 6.45) is 10.6. The molecule has 0 radical (unpaired) electrons. The van der Waals surface area contributed by atoms with E-state index in [0.717, 1.165) is 19.4 Å². The standard InChI is InChI=1S/C15H31NO3/c1-14(17)13-16-12-10-8-6-4-2-3-5-7-9-11-15(18)19/h14,16-17H,2-13H2,1H3,(H,18,19). The van der Waals surface area contributed by atoms with Crippen LogP contribution in [0.15, 0.2) is 0 Å². The summed E-state index contributed by atoms with van der Waals surface area (Å²) in [6, 6.07) is 0. The highest BCUT2D eigenvalue weighted by Crippen LogP contribution is 2.10. The van der Waals surface area contributed by atoms with E-state index >= 15 is 0 Å². The van der Waals surface area contributed by atoms with Gasteiger partial charge in [-0.2, -0.15) is 0 Å². The molecule has 0 aromatic heterocycles. The number of unbranched alkanes of at least 4 members (excludes halogenated alkanes) is 8. The molecule has 114 valence electrons. The summed E-state index contributed by atoms with van der Waals surface area (Å²) in [5, 5.41) is 20.8. The molecule has 0 aromatic carbocycles. The molecule has 0 aliphatic heterocycles. The molecule has 0 fully saturated rings. The Morgan fingerprint density at radius 3 is 1.89 bits per heavy atom.